The highest BCUT2D eigenvalue weighted by Crippen LogP contribution is 2.25. The van der Waals surface area contributed by atoms with Gasteiger partial charge in [-0.25, -0.2) is 0 Å². The zero-order valence-corrected chi connectivity index (χ0v) is 14.4. The van der Waals surface area contributed by atoms with Gasteiger partial charge in [-0.15, -0.1) is 5.10 Å². The summed E-state index contributed by atoms with van der Waals surface area (Å²) < 4.78 is 0. The molecule has 4 nitrogen and oxygen atoms in total. The van der Waals surface area contributed by atoms with Crippen molar-refractivity contribution in [3.63, 3.8) is 0 Å². The molecule has 0 spiro atoms. The first-order valence-corrected chi connectivity index (χ1v) is 8.44. The van der Waals surface area contributed by atoms with Gasteiger partial charge in [0.05, 0.1) is 5.69 Å². The first-order chi connectivity index (χ1) is 10.1. The molecule has 0 unspecified atom stereocenters. The quantitative estimate of drug-likeness (QED) is 0.708. The van der Waals surface area contributed by atoms with Gasteiger partial charge in [0.15, 0.2) is 5.82 Å². The molecule has 0 aliphatic carbocycles. The van der Waals surface area contributed by atoms with E-state index in [4.69, 9.17) is 5.73 Å². The highest BCUT2D eigenvalue weighted by Gasteiger charge is 2.20. The molecule has 120 valence electrons. The molecule has 0 bridgehead atoms. The number of rotatable bonds is 9. The molecule has 0 radical (unpaired) electrons. The van der Waals surface area contributed by atoms with Crippen LogP contribution in [0, 0.1) is 0 Å². The van der Waals surface area contributed by atoms with Crippen LogP contribution in [0.1, 0.15) is 70.7 Å². The number of unbranched alkanes of at least 4 members (excludes halogenated alkanes) is 2. The van der Waals surface area contributed by atoms with E-state index in [0.29, 0.717) is 12.6 Å². The lowest BCUT2D eigenvalue weighted by atomic mass is 10.0. The molecule has 4 heteroatoms. The Morgan fingerprint density at radius 1 is 1.00 bits per heavy atom. The zero-order chi connectivity index (χ0) is 15.8. The molecule has 2 N–H and O–H groups in total. The Labute approximate surface area is 130 Å². The molecule has 0 saturated carbocycles. The average Bonchev–Trinajstić information content (AvgIpc) is 2.49. The van der Waals surface area contributed by atoms with Crippen molar-refractivity contribution in [1.29, 1.82) is 0 Å². The van der Waals surface area contributed by atoms with Crippen molar-refractivity contribution in [2.45, 2.75) is 79.3 Å². The maximum atomic E-state index is 6.05. The van der Waals surface area contributed by atoms with Gasteiger partial charge >= 0.3 is 0 Å². The molecular weight excluding hydrogens is 260 g/mol. The van der Waals surface area contributed by atoms with Crippen LogP contribution in [0.5, 0.6) is 0 Å². The van der Waals surface area contributed by atoms with E-state index in [1.807, 2.05) is 0 Å². The van der Waals surface area contributed by atoms with Gasteiger partial charge in [0, 0.05) is 24.7 Å². The number of anilines is 1. The van der Waals surface area contributed by atoms with Crippen molar-refractivity contribution in [2.24, 2.45) is 5.73 Å². The molecular formula is C17H32N4. The van der Waals surface area contributed by atoms with Gasteiger partial charge in [-0.3, -0.25) is 0 Å². The highest BCUT2D eigenvalue weighted by atomic mass is 15.3. The Morgan fingerprint density at radius 2 is 1.71 bits per heavy atom. The second kappa shape index (κ2) is 8.98. The summed E-state index contributed by atoms with van der Waals surface area (Å²) in [6, 6.07) is 0.415. The summed E-state index contributed by atoms with van der Waals surface area (Å²) in [6.07, 6.45) is 5.57. The summed E-state index contributed by atoms with van der Waals surface area (Å²) >= 11 is 0. The maximum Gasteiger partial charge on any atom is 0.156 e. The van der Waals surface area contributed by atoms with Gasteiger partial charge in [-0.05, 0) is 38.7 Å². The molecule has 0 saturated heterocycles. The summed E-state index contributed by atoms with van der Waals surface area (Å²) in [7, 11) is 0. The molecule has 21 heavy (non-hydrogen) atoms. The standard InChI is InChI=1S/C17H32N4/c1-6-9-10-11-21(13(4)5)17-15(12-18)14(7-2)16(8-3)19-20-17/h13H,6-12,18H2,1-5H3. The third-order valence-corrected chi connectivity index (χ3v) is 4.04. The molecule has 0 atom stereocenters. The summed E-state index contributed by atoms with van der Waals surface area (Å²) in [5, 5.41) is 8.99. The summed E-state index contributed by atoms with van der Waals surface area (Å²) in [5.41, 5.74) is 9.63. The average molecular weight is 292 g/mol. The fourth-order valence-electron chi connectivity index (χ4n) is 2.83. The lowest BCUT2D eigenvalue weighted by Crippen LogP contribution is -2.34. The minimum Gasteiger partial charge on any atom is -0.352 e. The van der Waals surface area contributed by atoms with Gasteiger partial charge in [0.2, 0.25) is 0 Å². The van der Waals surface area contributed by atoms with Gasteiger partial charge in [-0.1, -0.05) is 33.6 Å². The van der Waals surface area contributed by atoms with Gasteiger partial charge < -0.3 is 10.6 Å². The third kappa shape index (κ3) is 4.40. The van der Waals surface area contributed by atoms with Gasteiger partial charge in [0.1, 0.15) is 0 Å². The van der Waals surface area contributed by atoms with Crippen LogP contribution in [0.3, 0.4) is 0 Å². The molecule has 0 aliphatic heterocycles. The molecule has 0 fully saturated rings. The van der Waals surface area contributed by atoms with Crippen LogP contribution >= 0.6 is 0 Å². The van der Waals surface area contributed by atoms with Crippen molar-refractivity contribution in [3.05, 3.63) is 16.8 Å². The number of hydrogen-bond acceptors (Lipinski definition) is 4. The molecule has 0 amide bonds. The van der Waals surface area contributed by atoms with Crippen LogP contribution in [0.2, 0.25) is 0 Å². The van der Waals surface area contributed by atoms with E-state index in [-0.39, 0.29) is 0 Å². The molecule has 1 aromatic heterocycles. The van der Waals surface area contributed by atoms with Crippen molar-refractivity contribution in [3.8, 4) is 0 Å². The lowest BCUT2D eigenvalue weighted by molar-refractivity contribution is 0.610. The number of nitrogens with zero attached hydrogens (tertiary/aromatic N) is 3. The summed E-state index contributed by atoms with van der Waals surface area (Å²) in [5.74, 6) is 0.998. The van der Waals surface area contributed by atoms with Crippen molar-refractivity contribution >= 4 is 5.82 Å². The second-order valence-corrected chi connectivity index (χ2v) is 5.83. The lowest BCUT2D eigenvalue weighted by Gasteiger charge is -2.30. The van der Waals surface area contributed by atoms with Crippen LogP contribution in [-0.4, -0.2) is 22.8 Å². The van der Waals surface area contributed by atoms with E-state index in [1.165, 1.54) is 30.4 Å². The number of aryl methyl sites for hydroxylation is 1. The summed E-state index contributed by atoms with van der Waals surface area (Å²) in [6.45, 7) is 12.5. The third-order valence-electron chi connectivity index (χ3n) is 4.04. The van der Waals surface area contributed by atoms with E-state index in [1.54, 1.807) is 0 Å². The van der Waals surface area contributed by atoms with E-state index in [2.05, 4.69) is 49.7 Å². The highest BCUT2D eigenvalue weighted by molar-refractivity contribution is 5.52. The number of hydrogen-bond donors (Lipinski definition) is 1. The summed E-state index contributed by atoms with van der Waals surface area (Å²) in [4.78, 5) is 2.36. The molecule has 1 rings (SSSR count). The fraction of sp³-hybridized carbons (Fsp3) is 0.765. The van der Waals surface area contributed by atoms with Crippen LogP contribution in [-0.2, 0) is 19.4 Å². The van der Waals surface area contributed by atoms with E-state index >= 15 is 0 Å². The Bertz CT molecular complexity index is 429. The molecule has 0 aliphatic rings. The van der Waals surface area contributed by atoms with Crippen molar-refractivity contribution in [1.82, 2.24) is 10.2 Å². The Kier molecular flexibility index (Phi) is 7.65. The molecule has 1 aromatic rings. The first kappa shape index (κ1) is 17.9. The molecule has 0 aromatic carbocycles. The fourth-order valence-corrected chi connectivity index (χ4v) is 2.83. The predicted molar refractivity (Wildman–Crippen MR) is 90.7 cm³/mol. The van der Waals surface area contributed by atoms with E-state index in [0.717, 1.165) is 30.9 Å². The van der Waals surface area contributed by atoms with Crippen LogP contribution in [0.15, 0.2) is 0 Å². The van der Waals surface area contributed by atoms with Crippen LogP contribution in [0.25, 0.3) is 0 Å². The minimum absolute atomic E-state index is 0.415. The topological polar surface area (TPSA) is 55.0 Å². The first-order valence-electron chi connectivity index (χ1n) is 8.44. The van der Waals surface area contributed by atoms with Gasteiger partial charge in [-0.2, -0.15) is 5.10 Å². The number of aromatic nitrogens is 2. The van der Waals surface area contributed by atoms with Crippen molar-refractivity contribution in [2.75, 3.05) is 11.4 Å². The van der Waals surface area contributed by atoms with Crippen molar-refractivity contribution < 1.29 is 0 Å². The van der Waals surface area contributed by atoms with E-state index in [9.17, 15) is 0 Å². The molecule has 1 heterocycles. The number of nitrogens with two attached hydrogens (primary N) is 1. The Hall–Kier alpha value is -1.16. The smallest absolute Gasteiger partial charge is 0.156 e. The largest absolute Gasteiger partial charge is 0.352 e. The minimum atomic E-state index is 0.415. The SMILES string of the molecule is CCCCCN(c1nnc(CC)c(CC)c1CN)C(C)C. The normalized spacial score (nSPS) is 11.2. The van der Waals surface area contributed by atoms with Crippen LogP contribution < -0.4 is 10.6 Å². The maximum absolute atomic E-state index is 6.05. The van der Waals surface area contributed by atoms with Gasteiger partial charge in [0.25, 0.3) is 0 Å². The Morgan fingerprint density at radius 3 is 2.19 bits per heavy atom. The second-order valence-electron chi connectivity index (χ2n) is 5.83. The van der Waals surface area contributed by atoms with Crippen LogP contribution in [0.4, 0.5) is 5.82 Å². The Balaban J connectivity index is 3.18. The predicted octanol–water partition coefficient (Wildman–Crippen LogP) is 3.47. The zero-order valence-electron chi connectivity index (χ0n) is 14.4. The monoisotopic (exact) mass is 292 g/mol. The van der Waals surface area contributed by atoms with E-state index < -0.39 is 0 Å².